The number of aryl methyl sites for hydroxylation is 2. The lowest BCUT2D eigenvalue weighted by atomic mass is 10.1. The summed E-state index contributed by atoms with van der Waals surface area (Å²) in [6, 6.07) is 6.92. The van der Waals surface area contributed by atoms with Gasteiger partial charge in [0.05, 0.1) is 13.2 Å². The van der Waals surface area contributed by atoms with Crippen molar-refractivity contribution in [1.82, 2.24) is 10.3 Å². The number of hydrogen-bond donors (Lipinski definition) is 2. The number of aromatic nitrogens is 1. The molecule has 25 heavy (non-hydrogen) atoms. The summed E-state index contributed by atoms with van der Waals surface area (Å²) < 4.78 is 11.0. The minimum Gasteiger partial charge on any atom is -0.490 e. The second-order valence-corrected chi connectivity index (χ2v) is 5.65. The molecule has 1 aromatic carbocycles. The van der Waals surface area contributed by atoms with Crippen LogP contribution in [0.2, 0.25) is 0 Å². The Morgan fingerprint density at radius 2 is 1.76 bits per heavy atom. The van der Waals surface area contributed by atoms with E-state index in [4.69, 9.17) is 9.47 Å². The summed E-state index contributed by atoms with van der Waals surface area (Å²) in [4.78, 5) is 27.2. The van der Waals surface area contributed by atoms with E-state index in [-0.39, 0.29) is 18.0 Å². The van der Waals surface area contributed by atoms with E-state index in [1.165, 1.54) is 0 Å². The van der Waals surface area contributed by atoms with Gasteiger partial charge in [-0.1, -0.05) is 0 Å². The zero-order valence-electron chi connectivity index (χ0n) is 15.1. The third-order valence-corrected chi connectivity index (χ3v) is 3.73. The van der Waals surface area contributed by atoms with Crippen molar-refractivity contribution in [3.63, 3.8) is 0 Å². The number of aromatic amines is 1. The first-order chi connectivity index (χ1) is 12.0. The molecule has 0 saturated carbocycles. The smallest absolute Gasteiger partial charge is 0.253 e. The molecule has 0 aliphatic carbocycles. The van der Waals surface area contributed by atoms with Gasteiger partial charge in [-0.15, -0.1) is 0 Å². The number of carbonyl (C=O) groups excluding carboxylic acids is 1. The third kappa shape index (κ3) is 4.62. The van der Waals surface area contributed by atoms with Crippen LogP contribution in [0.3, 0.4) is 0 Å². The second kappa shape index (κ2) is 8.37. The van der Waals surface area contributed by atoms with E-state index in [2.05, 4.69) is 10.3 Å². The highest BCUT2D eigenvalue weighted by atomic mass is 16.5. The van der Waals surface area contributed by atoms with Crippen molar-refractivity contribution in [3.8, 4) is 11.5 Å². The molecule has 0 spiro atoms. The Balaban J connectivity index is 2.16. The van der Waals surface area contributed by atoms with Crippen LogP contribution < -0.4 is 20.3 Å². The molecular weight excluding hydrogens is 320 g/mol. The molecule has 2 N–H and O–H groups in total. The molecule has 0 aliphatic rings. The highest BCUT2D eigenvalue weighted by Gasteiger charge is 2.13. The highest BCUT2D eigenvalue weighted by Crippen LogP contribution is 2.28. The van der Waals surface area contributed by atoms with Crippen molar-refractivity contribution in [2.75, 3.05) is 13.2 Å². The van der Waals surface area contributed by atoms with Gasteiger partial charge in [0.25, 0.3) is 11.5 Å². The average molecular weight is 344 g/mol. The Kier molecular flexibility index (Phi) is 6.22. The van der Waals surface area contributed by atoms with Gasteiger partial charge in [0.2, 0.25) is 0 Å². The molecule has 0 unspecified atom stereocenters. The number of pyridine rings is 1. The van der Waals surface area contributed by atoms with Gasteiger partial charge in [-0.05, 0) is 57.5 Å². The Morgan fingerprint density at radius 1 is 1.08 bits per heavy atom. The molecule has 0 saturated heterocycles. The SMILES string of the molecule is CCOc1ccc(C(=O)NCc2c(C)cc(C)[nH]c2=O)cc1OCC. The minimum atomic E-state index is -0.275. The van der Waals surface area contributed by atoms with Crippen molar-refractivity contribution in [2.24, 2.45) is 0 Å². The first-order valence-electron chi connectivity index (χ1n) is 8.33. The van der Waals surface area contributed by atoms with Gasteiger partial charge in [0.15, 0.2) is 11.5 Å². The monoisotopic (exact) mass is 344 g/mol. The zero-order chi connectivity index (χ0) is 18.4. The molecule has 1 amide bonds. The van der Waals surface area contributed by atoms with E-state index in [0.29, 0.717) is 35.8 Å². The standard InChI is InChI=1S/C19H24N2O4/c1-5-24-16-8-7-14(10-17(16)25-6-2)18(22)20-11-15-12(3)9-13(4)21-19(15)23/h7-10H,5-6,11H2,1-4H3,(H,20,22)(H,21,23). The number of nitrogens with one attached hydrogen (secondary N) is 2. The number of ether oxygens (including phenoxy) is 2. The number of benzene rings is 1. The molecule has 1 heterocycles. The van der Waals surface area contributed by atoms with Crippen LogP contribution in [0.1, 0.15) is 41.0 Å². The van der Waals surface area contributed by atoms with E-state index in [1.54, 1.807) is 18.2 Å². The fourth-order valence-corrected chi connectivity index (χ4v) is 2.56. The molecule has 0 bridgehead atoms. The average Bonchev–Trinajstić information content (AvgIpc) is 2.55. The first kappa shape index (κ1) is 18.6. The van der Waals surface area contributed by atoms with Crippen LogP contribution in [-0.4, -0.2) is 24.1 Å². The zero-order valence-corrected chi connectivity index (χ0v) is 15.1. The lowest BCUT2D eigenvalue weighted by molar-refractivity contribution is 0.0950. The van der Waals surface area contributed by atoms with Gasteiger partial charge >= 0.3 is 0 Å². The van der Waals surface area contributed by atoms with Crippen LogP contribution in [-0.2, 0) is 6.54 Å². The van der Waals surface area contributed by atoms with Gasteiger partial charge in [-0.25, -0.2) is 0 Å². The molecular formula is C19H24N2O4. The van der Waals surface area contributed by atoms with E-state index in [9.17, 15) is 9.59 Å². The van der Waals surface area contributed by atoms with Crippen LogP contribution in [0.15, 0.2) is 29.1 Å². The van der Waals surface area contributed by atoms with Crippen molar-refractivity contribution in [1.29, 1.82) is 0 Å². The summed E-state index contributed by atoms with van der Waals surface area (Å²) in [5.41, 5.74) is 2.47. The van der Waals surface area contributed by atoms with E-state index in [1.807, 2.05) is 33.8 Å². The van der Waals surface area contributed by atoms with Crippen LogP contribution in [0.25, 0.3) is 0 Å². The third-order valence-electron chi connectivity index (χ3n) is 3.73. The van der Waals surface area contributed by atoms with Gasteiger partial charge in [-0.3, -0.25) is 9.59 Å². The molecule has 0 fully saturated rings. The van der Waals surface area contributed by atoms with Crippen molar-refractivity contribution in [3.05, 3.63) is 57.0 Å². The molecule has 0 radical (unpaired) electrons. The molecule has 134 valence electrons. The molecule has 0 atom stereocenters. The van der Waals surface area contributed by atoms with Crippen LogP contribution in [0, 0.1) is 13.8 Å². The molecule has 6 heteroatoms. The molecule has 0 aliphatic heterocycles. The summed E-state index contributed by atoms with van der Waals surface area (Å²) in [7, 11) is 0. The number of H-pyrrole nitrogens is 1. The van der Waals surface area contributed by atoms with E-state index >= 15 is 0 Å². The summed E-state index contributed by atoms with van der Waals surface area (Å²) >= 11 is 0. The number of amides is 1. The van der Waals surface area contributed by atoms with E-state index in [0.717, 1.165) is 11.3 Å². The lowest BCUT2D eigenvalue weighted by Crippen LogP contribution is -2.28. The van der Waals surface area contributed by atoms with Crippen molar-refractivity contribution >= 4 is 5.91 Å². The van der Waals surface area contributed by atoms with Gasteiger partial charge in [0.1, 0.15) is 0 Å². The van der Waals surface area contributed by atoms with Gasteiger partial charge < -0.3 is 19.8 Å². The lowest BCUT2D eigenvalue weighted by Gasteiger charge is -2.13. The summed E-state index contributed by atoms with van der Waals surface area (Å²) in [6.45, 7) is 8.59. The quantitative estimate of drug-likeness (QED) is 0.809. The second-order valence-electron chi connectivity index (χ2n) is 5.65. The minimum absolute atomic E-state index is 0.164. The maximum absolute atomic E-state index is 12.4. The molecule has 2 rings (SSSR count). The van der Waals surface area contributed by atoms with Crippen LogP contribution in [0.5, 0.6) is 11.5 Å². The largest absolute Gasteiger partial charge is 0.490 e. The van der Waals surface area contributed by atoms with Gasteiger partial charge in [0, 0.05) is 23.4 Å². The number of carbonyl (C=O) groups is 1. The Hall–Kier alpha value is -2.76. The Labute approximate surface area is 147 Å². The van der Waals surface area contributed by atoms with Crippen molar-refractivity contribution in [2.45, 2.75) is 34.2 Å². The first-order valence-corrected chi connectivity index (χ1v) is 8.33. The summed E-state index contributed by atoms with van der Waals surface area (Å²) in [5.74, 6) is 0.858. The maximum Gasteiger partial charge on any atom is 0.253 e. The molecule has 1 aromatic heterocycles. The normalized spacial score (nSPS) is 10.4. The predicted octanol–water partition coefficient (Wildman–Crippen LogP) is 2.72. The van der Waals surface area contributed by atoms with Crippen molar-refractivity contribution < 1.29 is 14.3 Å². The van der Waals surface area contributed by atoms with Gasteiger partial charge in [-0.2, -0.15) is 0 Å². The molecule has 2 aromatic rings. The fraction of sp³-hybridized carbons (Fsp3) is 0.368. The Bertz CT molecular complexity index is 812. The fourth-order valence-electron chi connectivity index (χ4n) is 2.56. The number of rotatable bonds is 7. The molecule has 6 nitrogen and oxygen atoms in total. The maximum atomic E-state index is 12.4. The number of hydrogen-bond acceptors (Lipinski definition) is 4. The summed E-state index contributed by atoms with van der Waals surface area (Å²) in [5, 5.41) is 2.78. The summed E-state index contributed by atoms with van der Waals surface area (Å²) in [6.07, 6.45) is 0. The predicted molar refractivity (Wildman–Crippen MR) is 96.5 cm³/mol. The highest BCUT2D eigenvalue weighted by molar-refractivity contribution is 5.94. The Morgan fingerprint density at radius 3 is 2.40 bits per heavy atom. The topological polar surface area (TPSA) is 80.4 Å². The van der Waals surface area contributed by atoms with Crippen LogP contribution >= 0.6 is 0 Å². The van der Waals surface area contributed by atoms with Crippen LogP contribution in [0.4, 0.5) is 0 Å². The van der Waals surface area contributed by atoms with E-state index < -0.39 is 0 Å².